The summed E-state index contributed by atoms with van der Waals surface area (Å²) in [7, 11) is 5.77. The van der Waals surface area contributed by atoms with Crippen molar-refractivity contribution in [3.63, 3.8) is 0 Å². The number of fused-ring (bicyclic) bond motifs is 1. The van der Waals surface area contributed by atoms with Gasteiger partial charge in [0.2, 0.25) is 0 Å². The van der Waals surface area contributed by atoms with E-state index in [1.807, 2.05) is 18.2 Å². The number of oxime groups is 1. The van der Waals surface area contributed by atoms with E-state index < -0.39 is 11.9 Å². The third-order valence-corrected chi connectivity index (χ3v) is 3.51. The minimum absolute atomic E-state index is 0.627. The molecular formula is C18H26N2O7. The molecule has 1 aliphatic heterocycles. The third-order valence-electron chi connectivity index (χ3n) is 3.51. The first-order valence-corrected chi connectivity index (χ1v) is 8.46. The molecule has 0 fully saturated rings. The highest BCUT2D eigenvalue weighted by Crippen LogP contribution is 2.28. The average Bonchev–Trinajstić information content (AvgIpc) is 2.83. The van der Waals surface area contributed by atoms with Gasteiger partial charge in [-0.2, -0.15) is 0 Å². The van der Waals surface area contributed by atoms with E-state index in [2.05, 4.69) is 24.2 Å². The van der Waals surface area contributed by atoms with Crippen LogP contribution in [-0.2, 0) is 14.4 Å². The highest BCUT2D eigenvalue weighted by atomic mass is 16.6. The van der Waals surface area contributed by atoms with Gasteiger partial charge in [0.1, 0.15) is 18.1 Å². The van der Waals surface area contributed by atoms with Gasteiger partial charge in [-0.05, 0) is 51.6 Å². The van der Waals surface area contributed by atoms with Crippen molar-refractivity contribution in [3.05, 3.63) is 23.8 Å². The molecular weight excluding hydrogens is 356 g/mol. The van der Waals surface area contributed by atoms with Crippen LogP contribution >= 0.6 is 0 Å². The van der Waals surface area contributed by atoms with E-state index in [4.69, 9.17) is 34.1 Å². The molecule has 9 nitrogen and oxygen atoms in total. The zero-order chi connectivity index (χ0) is 20.2. The van der Waals surface area contributed by atoms with Crippen LogP contribution in [0.3, 0.4) is 0 Å². The Morgan fingerprint density at radius 3 is 2.56 bits per heavy atom. The Bertz CT molecular complexity index is 647. The molecule has 0 radical (unpaired) electrons. The van der Waals surface area contributed by atoms with Gasteiger partial charge in [-0.15, -0.1) is 0 Å². The maximum atomic E-state index is 9.10. The van der Waals surface area contributed by atoms with E-state index in [0.717, 1.165) is 48.6 Å². The second kappa shape index (κ2) is 11.7. The molecule has 1 aromatic rings. The summed E-state index contributed by atoms with van der Waals surface area (Å²) in [6.45, 7) is 2.33. The summed E-state index contributed by atoms with van der Waals surface area (Å²) >= 11 is 0. The SMILES string of the molecule is COc1ccc2c(c1)/C(=N/OCCCN(C)C)CCCO2.O=C(O)C(=O)O. The van der Waals surface area contributed by atoms with Crippen LogP contribution in [-0.4, -0.2) is 73.7 Å². The zero-order valence-electron chi connectivity index (χ0n) is 15.8. The summed E-state index contributed by atoms with van der Waals surface area (Å²) in [6, 6.07) is 5.80. The topological polar surface area (TPSA) is 118 Å². The van der Waals surface area contributed by atoms with Crippen molar-refractivity contribution in [2.75, 3.05) is 41.0 Å². The number of nitrogens with zero attached hydrogens (tertiary/aromatic N) is 2. The van der Waals surface area contributed by atoms with Crippen molar-refractivity contribution < 1.29 is 34.1 Å². The van der Waals surface area contributed by atoms with Crippen molar-refractivity contribution >= 4 is 17.7 Å². The van der Waals surface area contributed by atoms with Gasteiger partial charge in [-0.25, -0.2) is 9.59 Å². The summed E-state index contributed by atoms with van der Waals surface area (Å²) in [6.07, 6.45) is 2.76. The number of carboxylic acid groups (broad SMARTS) is 2. The van der Waals surface area contributed by atoms with Crippen LogP contribution in [0.15, 0.2) is 23.4 Å². The fourth-order valence-electron chi connectivity index (χ4n) is 2.21. The second-order valence-corrected chi connectivity index (χ2v) is 5.95. The highest BCUT2D eigenvalue weighted by molar-refractivity contribution is 6.27. The predicted molar refractivity (Wildman–Crippen MR) is 98.7 cm³/mol. The van der Waals surface area contributed by atoms with Crippen molar-refractivity contribution in [2.45, 2.75) is 19.3 Å². The molecule has 0 amide bonds. The number of benzene rings is 1. The van der Waals surface area contributed by atoms with E-state index in [1.165, 1.54) is 0 Å². The molecule has 9 heteroatoms. The Hall–Kier alpha value is -2.81. The lowest BCUT2D eigenvalue weighted by atomic mass is 10.1. The van der Waals surface area contributed by atoms with Gasteiger partial charge in [-0.3, -0.25) is 0 Å². The lowest BCUT2D eigenvalue weighted by Gasteiger charge is -2.10. The van der Waals surface area contributed by atoms with E-state index in [0.29, 0.717) is 13.2 Å². The molecule has 0 spiro atoms. The summed E-state index contributed by atoms with van der Waals surface area (Å²) in [5, 5.41) is 19.1. The quantitative estimate of drug-likeness (QED) is 0.434. The first-order valence-electron chi connectivity index (χ1n) is 8.46. The standard InChI is InChI=1S/C16H24N2O3.C2H2O4/c1-18(2)9-5-11-21-17-15-6-4-10-20-16-8-7-13(19-3)12-14(15)16;3-1(4)2(5)6/h7-8,12H,4-6,9-11H2,1-3H3;(H,3,4)(H,5,6)/b17-15+;. The number of ether oxygens (including phenoxy) is 2. The number of carbonyl (C=O) groups is 2. The molecule has 0 aliphatic carbocycles. The second-order valence-electron chi connectivity index (χ2n) is 5.95. The van der Waals surface area contributed by atoms with Crippen LogP contribution in [0, 0.1) is 0 Å². The highest BCUT2D eigenvalue weighted by Gasteiger charge is 2.16. The number of aliphatic carboxylic acids is 2. The van der Waals surface area contributed by atoms with Crippen molar-refractivity contribution in [1.29, 1.82) is 0 Å². The lowest BCUT2D eigenvalue weighted by molar-refractivity contribution is -0.159. The van der Waals surface area contributed by atoms with Gasteiger partial charge in [0.05, 0.1) is 19.4 Å². The Morgan fingerprint density at radius 1 is 1.26 bits per heavy atom. The Morgan fingerprint density at radius 2 is 1.96 bits per heavy atom. The van der Waals surface area contributed by atoms with Crippen LogP contribution in [0.5, 0.6) is 11.5 Å². The number of hydrogen-bond donors (Lipinski definition) is 2. The predicted octanol–water partition coefficient (Wildman–Crippen LogP) is 1.70. The van der Waals surface area contributed by atoms with Crippen molar-refractivity contribution in [2.24, 2.45) is 5.16 Å². The Labute approximate surface area is 158 Å². The first-order chi connectivity index (χ1) is 12.8. The number of carboxylic acids is 2. The maximum Gasteiger partial charge on any atom is 0.414 e. The van der Waals surface area contributed by atoms with Gasteiger partial charge < -0.3 is 29.4 Å². The maximum absolute atomic E-state index is 9.10. The van der Waals surface area contributed by atoms with Crippen LogP contribution in [0.4, 0.5) is 0 Å². The van der Waals surface area contributed by atoms with Crippen LogP contribution in [0.25, 0.3) is 0 Å². The van der Waals surface area contributed by atoms with E-state index in [1.54, 1.807) is 7.11 Å². The fourth-order valence-corrected chi connectivity index (χ4v) is 2.21. The van der Waals surface area contributed by atoms with Crippen LogP contribution in [0.2, 0.25) is 0 Å². The molecule has 2 N–H and O–H groups in total. The van der Waals surface area contributed by atoms with Crippen LogP contribution < -0.4 is 9.47 Å². The minimum Gasteiger partial charge on any atom is -0.497 e. The molecule has 0 aromatic heterocycles. The van der Waals surface area contributed by atoms with Gasteiger partial charge in [-0.1, -0.05) is 5.16 Å². The molecule has 1 heterocycles. The number of methoxy groups -OCH3 is 1. The van der Waals surface area contributed by atoms with E-state index in [-0.39, 0.29) is 0 Å². The minimum atomic E-state index is -1.82. The van der Waals surface area contributed by atoms with Crippen LogP contribution in [0.1, 0.15) is 24.8 Å². The van der Waals surface area contributed by atoms with Gasteiger partial charge in [0.25, 0.3) is 0 Å². The van der Waals surface area contributed by atoms with Gasteiger partial charge >= 0.3 is 11.9 Å². The molecule has 0 bridgehead atoms. The monoisotopic (exact) mass is 382 g/mol. The molecule has 0 saturated carbocycles. The van der Waals surface area contributed by atoms with Crippen molar-refractivity contribution in [1.82, 2.24) is 4.90 Å². The third kappa shape index (κ3) is 8.41. The smallest absolute Gasteiger partial charge is 0.414 e. The average molecular weight is 382 g/mol. The molecule has 150 valence electrons. The molecule has 27 heavy (non-hydrogen) atoms. The molecule has 0 atom stereocenters. The Balaban J connectivity index is 0.000000527. The molecule has 1 aliphatic rings. The summed E-state index contributed by atoms with van der Waals surface area (Å²) in [4.78, 5) is 25.8. The summed E-state index contributed by atoms with van der Waals surface area (Å²) in [5.74, 6) is -1.99. The number of hydrogen-bond acceptors (Lipinski definition) is 7. The van der Waals surface area contributed by atoms with E-state index >= 15 is 0 Å². The van der Waals surface area contributed by atoms with Crippen molar-refractivity contribution in [3.8, 4) is 11.5 Å². The first kappa shape index (κ1) is 22.2. The fraction of sp³-hybridized carbons (Fsp3) is 0.500. The molecule has 0 unspecified atom stereocenters. The summed E-state index contributed by atoms with van der Waals surface area (Å²) in [5.41, 5.74) is 1.91. The Kier molecular flexibility index (Phi) is 9.66. The lowest BCUT2D eigenvalue weighted by Crippen LogP contribution is -2.14. The molecule has 1 aromatic carbocycles. The zero-order valence-corrected chi connectivity index (χ0v) is 15.8. The normalized spacial score (nSPS) is 14.3. The molecule has 2 rings (SSSR count). The van der Waals surface area contributed by atoms with Gasteiger partial charge in [0.15, 0.2) is 0 Å². The summed E-state index contributed by atoms with van der Waals surface area (Å²) < 4.78 is 11.0. The largest absolute Gasteiger partial charge is 0.497 e. The van der Waals surface area contributed by atoms with Gasteiger partial charge in [0, 0.05) is 12.1 Å². The number of rotatable bonds is 6. The van der Waals surface area contributed by atoms with E-state index in [9.17, 15) is 0 Å². The molecule has 0 saturated heterocycles.